The smallest absolute Gasteiger partial charge is 0.252 e. The number of hydrogen-bond donors (Lipinski definition) is 2. The molecule has 4 nitrogen and oxygen atoms in total. The van der Waals surface area contributed by atoms with Crippen LogP contribution in [0.3, 0.4) is 0 Å². The molecule has 0 fully saturated rings. The predicted molar refractivity (Wildman–Crippen MR) is 107 cm³/mol. The quantitative estimate of drug-likeness (QED) is 0.769. The van der Waals surface area contributed by atoms with Crippen LogP contribution in [0.5, 0.6) is 0 Å². The topological polar surface area (TPSA) is 58.2 Å². The van der Waals surface area contributed by atoms with Gasteiger partial charge in [0.2, 0.25) is 5.91 Å². The van der Waals surface area contributed by atoms with Crippen LogP contribution in [0.15, 0.2) is 42.5 Å². The van der Waals surface area contributed by atoms with Gasteiger partial charge in [-0.05, 0) is 55.5 Å². The normalized spacial score (nSPS) is 11.9. The van der Waals surface area contributed by atoms with E-state index in [0.717, 1.165) is 11.1 Å². The molecule has 2 aromatic carbocycles. The number of amides is 2. The summed E-state index contributed by atoms with van der Waals surface area (Å²) in [5, 5.41) is 6.32. The summed E-state index contributed by atoms with van der Waals surface area (Å²) < 4.78 is 0. The second kappa shape index (κ2) is 8.86. The highest BCUT2D eigenvalue weighted by molar-refractivity contribution is 6.31. The standard InChI is InChI=1S/C21H25ClN2O2/c1-13(2)11-19(24-20(25)17-8-6-5-7-14(17)3)21(26)23-18-12-16(22)10-9-15(18)4/h5-10,12-13,19H,11H2,1-4H3,(H,23,26)(H,24,25)/t19-/m1/s1. The lowest BCUT2D eigenvalue weighted by Gasteiger charge is -2.21. The van der Waals surface area contributed by atoms with Gasteiger partial charge in [-0.15, -0.1) is 0 Å². The number of carbonyl (C=O) groups excluding carboxylic acids is 2. The largest absolute Gasteiger partial charge is 0.340 e. The van der Waals surface area contributed by atoms with Gasteiger partial charge in [-0.2, -0.15) is 0 Å². The van der Waals surface area contributed by atoms with E-state index in [2.05, 4.69) is 10.6 Å². The molecule has 2 N–H and O–H groups in total. The fraction of sp³-hybridized carbons (Fsp3) is 0.333. The molecule has 26 heavy (non-hydrogen) atoms. The minimum atomic E-state index is -0.625. The van der Waals surface area contributed by atoms with E-state index in [9.17, 15) is 9.59 Å². The summed E-state index contributed by atoms with van der Waals surface area (Å²) in [6, 6.07) is 12.0. The first-order chi connectivity index (χ1) is 12.3. The minimum absolute atomic E-state index is 0.244. The average Bonchev–Trinajstić information content (AvgIpc) is 2.57. The average molecular weight is 373 g/mol. The third-order valence-electron chi connectivity index (χ3n) is 4.18. The second-order valence-electron chi connectivity index (χ2n) is 6.92. The Morgan fingerprint density at radius 1 is 1.04 bits per heavy atom. The van der Waals surface area contributed by atoms with Crippen molar-refractivity contribution in [1.82, 2.24) is 5.32 Å². The highest BCUT2D eigenvalue weighted by Gasteiger charge is 2.23. The Morgan fingerprint density at radius 2 is 1.73 bits per heavy atom. The molecule has 2 rings (SSSR count). The van der Waals surface area contributed by atoms with Crippen molar-refractivity contribution < 1.29 is 9.59 Å². The van der Waals surface area contributed by atoms with Crippen molar-refractivity contribution in [2.24, 2.45) is 5.92 Å². The molecule has 2 aromatic rings. The van der Waals surface area contributed by atoms with Crippen molar-refractivity contribution >= 4 is 29.1 Å². The predicted octanol–water partition coefficient (Wildman–Crippen LogP) is 4.74. The monoisotopic (exact) mass is 372 g/mol. The molecule has 0 saturated carbocycles. The molecule has 0 saturated heterocycles. The first-order valence-electron chi connectivity index (χ1n) is 8.71. The summed E-state index contributed by atoms with van der Waals surface area (Å²) >= 11 is 6.02. The van der Waals surface area contributed by atoms with Crippen molar-refractivity contribution in [2.75, 3.05) is 5.32 Å². The number of halogens is 1. The Labute approximate surface area is 159 Å². The van der Waals surface area contributed by atoms with Crippen LogP contribution in [-0.2, 0) is 4.79 Å². The van der Waals surface area contributed by atoms with Gasteiger partial charge >= 0.3 is 0 Å². The van der Waals surface area contributed by atoms with Crippen LogP contribution in [-0.4, -0.2) is 17.9 Å². The first kappa shape index (κ1) is 20.0. The van der Waals surface area contributed by atoms with Crippen LogP contribution >= 0.6 is 11.6 Å². The van der Waals surface area contributed by atoms with E-state index < -0.39 is 6.04 Å². The Balaban J connectivity index is 2.18. The zero-order valence-electron chi connectivity index (χ0n) is 15.6. The summed E-state index contributed by atoms with van der Waals surface area (Å²) in [4.78, 5) is 25.4. The van der Waals surface area contributed by atoms with Crippen LogP contribution in [0.4, 0.5) is 5.69 Å². The lowest BCUT2D eigenvalue weighted by molar-refractivity contribution is -0.118. The van der Waals surface area contributed by atoms with Gasteiger partial charge in [0.05, 0.1) is 0 Å². The molecule has 0 spiro atoms. The lowest BCUT2D eigenvalue weighted by Crippen LogP contribution is -2.44. The summed E-state index contributed by atoms with van der Waals surface area (Å²) in [7, 11) is 0. The maximum atomic E-state index is 12.8. The first-order valence-corrected chi connectivity index (χ1v) is 9.09. The van der Waals surface area contributed by atoms with Crippen molar-refractivity contribution in [3.63, 3.8) is 0 Å². The van der Waals surface area contributed by atoms with E-state index in [-0.39, 0.29) is 17.7 Å². The SMILES string of the molecule is Cc1ccc(Cl)cc1NC(=O)[C@@H](CC(C)C)NC(=O)c1ccccc1C. The van der Waals surface area contributed by atoms with Gasteiger partial charge in [0, 0.05) is 16.3 Å². The molecule has 0 aliphatic carbocycles. The van der Waals surface area contributed by atoms with Crippen LogP contribution in [0.1, 0.15) is 41.8 Å². The number of benzene rings is 2. The molecule has 0 aliphatic rings. The van der Waals surface area contributed by atoms with E-state index in [4.69, 9.17) is 11.6 Å². The number of nitrogens with one attached hydrogen (secondary N) is 2. The van der Waals surface area contributed by atoms with Crippen molar-refractivity contribution in [1.29, 1.82) is 0 Å². The summed E-state index contributed by atoms with van der Waals surface area (Å²) in [6.07, 6.45) is 0.545. The molecule has 2 amide bonds. The molecule has 1 atom stereocenters. The van der Waals surface area contributed by atoms with Crippen LogP contribution in [0.25, 0.3) is 0 Å². The molecule has 0 bridgehead atoms. The van der Waals surface area contributed by atoms with Gasteiger partial charge < -0.3 is 10.6 Å². The number of hydrogen-bond acceptors (Lipinski definition) is 2. The Kier molecular flexibility index (Phi) is 6.81. The van der Waals surface area contributed by atoms with Crippen molar-refractivity contribution in [3.05, 3.63) is 64.2 Å². The molecule has 0 aliphatic heterocycles. The fourth-order valence-corrected chi connectivity index (χ4v) is 2.89. The van der Waals surface area contributed by atoms with Gasteiger partial charge in [0.15, 0.2) is 0 Å². The summed E-state index contributed by atoms with van der Waals surface area (Å²) in [5.74, 6) is -0.235. The maximum Gasteiger partial charge on any atom is 0.252 e. The molecule has 0 heterocycles. The lowest BCUT2D eigenvalue weighted by atomic mass is 10.0. The number of rotatable bonds is 6. The van der Waals surface area contributed by atoms with E-state index in [0.29, 0.717) is 22.7 Å². The van der Waals surface area contributed by atoms with Gasteiger partial charge in [-0.3, -0.25) is 9.59 Å². The van der Waals surface area contributed by atoms with Crippen LogP contribution in [0.2, 0.25) is 5.02 Å². The molecular weight excluding hydrogens is 348 g/mol. The molecule has 0 radical (unpaired) electrons. The van der Waals surface area contributed by atoms with E-state index in [1.165, 1.54) is 0 Å². The number of carbonyl (C=O) groups is 2. The van der Waals surface area contributed by atoms with Crippen LogP contribution < -0.4 is 10.6 Å². The van der Waals surface area contributed by atoms with E-state index in [1.807, 2.05) is 52.0 Å². The van der Waals surface area contributed by atoms with Gasteiger partial charge in [0.25, 0.3) is 5.91 Å². The zero-order valence-corrected chi connectivity index (χ0v) is 16.4. The molecule has 5 heteroatoms. The molecule has 138 valence electrons. The third-order valence-corrected chi connectivity index (χ3v) is 4.41. The zero-order chi connectivity index (χ0) is 19.3. The number of aryl methyl sites for hydroxylation is 2. The fourth-order valence-electron chi connectivity index (χ4n) is 2.72. The molecule has 0 unspecified atom stereocenters. The Morgan fingerprint density at radius 3 is 2.38 bits per heavy atom. The van der Waals surface area contributed by atoms with Crippen molar-refractivity contribution in [3.8, 4) is 0 Å². The molecular formula is C21H25ClN2O2. The second-order valence-corrected chi connectivity index (χ2v) is 7.36. The maximum absolute atomic E-state index is 12.8. The molecule has 0 aromatic heterocycles. The Hall–Kier alpha value is -2.33. The van der Waals surface area contributed by atoms with Crippen LogP contribution in [0, 0.1) is 19.8 Å². The number of anilines is 1. The van der Waals surface area contributed by atoms with Gasteiger partial charge in [-0.25, -0.2) is 0 Å². The van der Waals surface area contributed by atoms with Crippen molar-refractivity contribution in [2.45, 2.75) is 40.2 Å². The Bertz CT molecular complexity index is 802. The third kappa shape index (κ3) is 5.33. The highest BCUT2D eigenvalue weighted by atomic mass is 35.5. The highest BCUT2D eigenvalue weighted by Crippen LogP contribution is 2.21. The van der Waals surface area contributed by atoms with E-state index in [1.54, 1.807) is 18.2 Å². The summed E-state index contributed by atoms with van der Waals surface area (Å²) in [5.41, 5.74) is 3.02. The minimum Gasteiger partial charge on any atom is -0.340 e. The summed E-state index contributed by atoms with van der Waals surface area (Å²) in [6.45, 7) is 7.81. The van der Waals surface area contributed by atoms with Gasteiger partial charge in [0.1, 0.15) is 6.04 Å². The van der Waals surface area contributed by atoms with Gasteiger partial charge in [-0.1, -0.05) is 49.7 Å². The van der Waals surface area contributed by atoms with E-state index >= 15 is 0 Å².